The number of benzene rings is 2. The second-order valence-corrected chi connectivity index (χ2v) is 10.3. The van der Waals surface area contributed by atoms with E-state index in [4.69, 9.17) is 11.6 Å². The van der Waals surface area contributed by atoms with E-state index in [2.05, 4.69) is 43.4 Å². The van der Waals surface area contributed by atoms with Gasteiger partial charge >= 0.3 is 0 Å². The first-order chi connectivity index (χ1) is 14.3. The minimum atomic E-state index is -3.67. The van der Waals surface area contributed by atoms with Gasteiger partial charge in [-0.15, -0.1) is 0 Å². The van der Waals surface area contributed by atoms with E-state index in [0.717, 1.165) is 25.7 Å². The zero-order valence-corrected chi connectivity index (χ0v) is 19.1. The number of hydrogen-bond donors (Lipinski definition) is 1. The normalized spacial score (nSPS) is 14.9. The molecular formula is C23H29ClN2O3S. The predicted molar refractivity (Wildman–Crippen MR) is 121 cm³/mol. The molecule has 7 heteroatoms. The second kappa shape index (κ2) is 9.94. The van der Waals surface area contributed by atoms with Crippen molar-refractivity contribution in [3.63, 3.8) is 0 Å². The molecule has 0 radical (unpaired) electrons. The third-order valence-corrected chi connectivity index (χ3v) is 7.83. The highest BCUT2D eigenvalue weighted by molar-refractivity contribution is 7.89. The van der Waals surface area contributed by atoms with Gasteiger partial charge in [0.1, 0.15) is 4.90 Å². The van der Waals surface area contributed by atoms with Crippen LogP contribution in [-0.4, -0.2) is 38.3 Å². The summed E-state index contributed by atoms with van der Waals surface area (Å²) in [6, 6.07) is 13.0. The summed E-state index contributed by atoms with van der Waals surface area (Å²) in [6.45, 7) is 5.84. The monoisotopic (exact) mass is 448 g/mol. The van der Waals surface area contributed by atoms with Crippen LogP contribution in [0.4, 0.5) is 0 Å². The minimum Gasteiger partial charge on any atom is -0.352 e. The standard InChI is InChI=1S/C23H29ClN2O3S/c1-17(2)19-9-7-18(8-10-19)6-5-13-25-23(27)20-11-12-21(24)22(16-20)30(28,29)26-14-3-4-15-26/h7-12,16-17H,3-6,13-15H2,1-2H3,(H,25,27). The SMILES string of the molecule is CC(C)c1ccc(CCCNC(=O)c2ccc(Cl)c(S(=O)(=O)N3CCCC3)c2)cc1. The number of carbonyl (C=O) groups excluding carboxylic acids is 1. The van der Waals surface area contributed by atoms with Gasteiger partial charge in [0.25, 0.3) is 5.91 Å². The molecule has 0 atom stereocenters. The van der Waals surface area contributed by atoms with E-state index in [1.807, 2.05) is 0 Å². The Hall–Kier alpha value is -1.89. The van der Waals surface area contributed by atoms with E-state index in [0.29, 0.717) is 31.1 Å². The molecule has 0 saturated carbocycles. The number of halogens is 1. The van der Waals surface area contributed by atoms with Crippen LogP contribution < -0.4 is 5.32 Å². The van der Waals surface area contributed by atoms with Crippen molar-refractivity contribution in [2.24, 2.45) is 0 Å². The molecule has 162 valence electrons. The van der Waals surface area contributed by atoms with Crippen LogP contribution in [0.1, 0.15) is 60.5 Å². The average Bonchev–Trinajstić information content (AvgIpc) is 3.27. The molecule has 1 heterocycles. The number of hydrogen-bond acceptors (Lipinski definition) is 3. The Morgan fingerprint density at radius 3 is 2.40 bits per heavy atom. The third kappa shape index (κ3) is 5.42. The molecule has 0 aliphatic carbocycles. The fourth-order valence-electron chi connectivity index (χ4n) is 3.58. The number of amides is 1. The first-order valence-electron chi connectivity index (χ1n) is 10.5. The number of sulfonamides is 1. The maximum atomic E-state index is 12.8. The average molecular weight is 449 g/mol. The van der Waals surface area contributed by atoms with Gasteiger partial charge < -0.3 is 5.32 Å². The van der Waals surface area contributed by atoms with Crippen molar-refractivity contribution in [1.29, 1.82) is 0 Å². The Kier molecular flexibility index (Phi) is 7.55. The fourth-order valence-corrected chi connectivity index (χ4v) is 5.59. The van der Waals surface area contributed by atoms with E-state index in [9.17, 15) is 13.2 Å². The number of rotatable bonds is 8. The summed E-state index contributed by atoms with van der Waals surface area (Å²) in [6.07, 6.45) is 3.36. The van der Waals surface area contributed by atoms with Crippen molar-refractivity contribution in [3.8, 4) is 0 Å². The lowest BCUT2D eigenvalue weighted by molar-refractivity contribution is 0.0953. The zero-order chi connectivity index (χ0) is 21.7. The molecule has 1 amide bonds. The first kappa shape index (κ1) is 22.8. The molecule has 0 spiro atoms. The summed E-state index contributed by atoms with van der Waals surface area (Å²) in [4.78, 5) is 12.5. The van der Waals surface area contributed by atoms with E-state index in [1.54, 1.807) is 6.07 Å². The summed E-state index contributed by atoms with van der Waals surface area (Å²) in [7, 11) is -3.67. The van der Waals surface area contributed by atoms with Crippen LogP contribution in [0.15, 0.2) is 47.4 Å². The first-order valence-corrected chi connectivity index (χ1v) is 12.3. The van der Waals surface area contributed by atoms with Crippen molar-refractivity contribution in [2.45, 2.75) is 50.3 Å². The molecule has 30 heavy (non-hydrogen) atoms. The molecule has 0 unspecified atom stereocenters. The predicted octanol–water partition coefficient (Wildman–Crippen LogP) is 4.61. The van der Waals surface area contributed by atoms with Crippen molar-refractivity contribution in [2.75, 3.05) is 19.6 Å². The van der Waals surface area contributed by atoms with Crippen molar-refractivity contribution in [3.05, 3.63) is 64.2 Å². The minimum absolute atomic E-state index is 0.00367. The highest BCUT2D eigenvalue weighted by atomic mass is 35.5. The summed E-state index contributed by atoms with van der Waals surface area (Å²) in [5, 5.41) is 3.02. The molecule has 0 aromatic heterocycles. The Balaban J connectivity index is 1.58. The molecule has 1 aliphatic rings. The van der Waals surface area contributed by atoms with Gasteiger partial charge in [-0.25, -0.2) is 8.42 Å². The van der Waals surface area contributed by atoms with Crippen LogP contribution in [0.2, 0.25) is 5.02 Å². The van der Waals surface area contributed by atoms with Gasteiger partial charge in [-0.1, -0.05) is 49.7 Å². The van der Waals surface area contributed by atoms with E-state index >= 15 is 0 Å². The summed E-state index contributed by atoms with van der Waals surface area (Å²) in [5.41, 5.74) is 2.85. The molecule has 1 N–H and O–H groups in total. The second-order valence-electron chi connectivity index (χ2n) is 8.01. The quantitative estimate of drug-likeness (QED) is 0.599. The van der Waals surface area contributed by atoms with Gasteiger partial charge in [-0.05, 0) is 60.9 Å². The Bertz CT molecular complexity index is 982. The topological polar surface area (TPSA) is 66.5 Å². The summed E-state index contributed by atoms with van der Waals surface area (Å²) >= 11 is 6.15. The largest absolute Gasteiger partial charge is 0.352 e. The Labute approximate surface area is 184 Å². The zero-order valence-electron chi connectivity index (χ0n) is 17.5. The van der Waals surface area contributed by atoms with Gasteiger partial charge in [0.15, 0.2) is 0 Å². The van der Waals surface area contributed by atoms with Crippen LogP contribution in [0, 0.1) is 0 Å². The van der Waals surface area contributed by atoms with Gasteiger partial charge in [0, 0.05) is 25.2 Å². The van der Waals surface area contributed by atoms with Gasteiger partial charge in [-0.3, -0.25) is 4.79 Å². The molecular weight excluding hydrogens is 420 g/mol. The van der Waals surface area contributed by atoms with Gasteiger partial charge in [-0.2, -0.15) is 4.31 Å². The van der Waals surface area contributed by atoms with Crippen molar-refractivity contribution in [1.82, 2.24) is 9.62 Å². The van der Waals surface area contributed by atoms with Crippen LogP contribution in [-0.2, 0) is 16.4 Å². The molecule has 1 saturated heterocycles. The number of carbonyl (C=O) groups is 1. The van der Waals surface area contributed by atoms with E-state index in [1.165, 1.54) is 27.6 Å². The van der Waals surface area contributed by atoms with Crippen LogP contribution >= 0.6 is 11.6 Å². The lowest BCUT2D eigenvalue weighted by atomic mass is 10.0. The molecule has 0 bridgehead atoms. The highest BCUT2D eigenvalue weighted by Gasteiger charge is 2.29. The van der Waals surface area contributed by atoms with Crippen LogP contribution in [0.5, 0.6) is 0 Å². The lowest BCUT2D eigenvalue weighted by Crippen LogP contribution is -2.29. The molecule has 3 rings (SSSR count). The summed E-state index contributed by atoms with van der Waals surface area (Å²) < 4.78 is 27.1. The fraction of sp³-hybridized carbons (Fsp3) is 0.435. The number of aryl methyl sites for hydroxylation is 1. The van der Waals surface area contributed by atoms with Gasteiger partial charge in [0.2, 0.25) is 10.0 Å². The number of nitrogens with zero attached hydrogens (tertiary/aromatic N) is 1. The van der Waals surface area contributed by atoms with E-state index in [-0.39, 0.29) is 15.8 Å². The molecule has 1 fully saturated rings. The van der Waals surface area contributed by atoms with Crippen LogP contribution in [0.3, 0.4) is 0 Å². The number of nitrogens with one attached hydrogen (secondary N) is 1. The lowest BCUT2D eigenvalue weighted by Gasteiger charge is -2.17. The Morgan fingerprint density at radius 1 is 1.10 bits per heavy atom. The molecule has 1 aliphatic heterocycles. The Morgan fingerprint density at radius 2 is 1.77 bits per heavy atom. The van der Waals surface area contributed by atoms with Crippen molar-refractivity contribution >= 4 is 27.5 Å². The van der Waals surface area contributed by atoms with Gasteiger partial charge in [0.05, 0.1) is 5.02 Å². The maximum absolute atomic E-state index is 12.8. The van der Waals surface area contributed by atoms with Crippen molar-refractivity contribution < 1.29 is 13.2 Å². The highest BCUT2D eigenvalue weighted by Crippen LogP contribution is 2.28. The molecule has 5 nitrogen and oxygen atoms in total. The molecule has 2 aromatic rings. The van der Waals surface area contributed by atoms with Crippen LogP contribution in [0.25, 0.3) is 0 Å². The maximum Gasteiger partial charge on any atom is 0.251 e. The third-order valence-electron chi connectivity index (χ3n) is 5.45. The smallest absolute Gasteiger partial charge is 0.251 e. The van der Waals surface area contributed by atoms with E-state index < -0.39 is 10.0 Å². The molecule has 2 aromatic carbocycles. The summed E-state index contributed by atoms with van der Waals surface area (Å²) in [5.74, 6) is 0.219.